The van der Waals surface area contributed by atoms with E-state index in [0.717, 1.165) is 22.4 Å². The second kappa shape index (κ2) is 7.82. The van der Waals surface area contributed by atoms with Crippen molar-refractivity contribution in [2.45, 2.75) is 6.92 Å². The van der Waals surface area contributed by atoms with Crippen LogP contribution in [-0.2, 0) is 0 Å². The number of benzene rings is 3. The SMILES string of the molecule is Cc1ccc(/C=C/c2cccc(Cl)c2)cc1NC(=O)c1ccccc1. The predicted octanol–water partition coefficient (Wildman–Crippen LogP) is 6.07. The summed E-state index contributed by atoms with van der Waals surface area (Å²) in [6.45, 7) is 1.98. The van der Waals surface area contributed by atoms with E-state index in [1.54, 1.807) is 12.1 Å². The number of anilines is 1. The van der Waals surface area contributed by atoms with Gasteiger partial charge in [0.15, 0.2) is 0 Å². The maximum atomic E-state index is 12.4. The molecule has 0 heterocycles. The minimum absolute atomic E-state index is 0.111. The second-order valence-electron chi connectivity index (χ2n) is 5.78. The van der Waals surface area contributed by atoms with Crippen LogP contribution in [-0.4, -0.2) is 5.91 Å². The van der Waals surface area contributed by atoms with E-state index in [1.807, 2.05) is 79.7 Å². The van der Waals surface area contributed by atoms with Crippen molar-refractivity contribution in [3.05, 3.63) is 100 Å². The number of nitrogens with one attached hydrogen (secondary N) is 1. The highest BCUT2D eigenvalue weighted by Gasteiger charge is 2.07. The van der Waals surface area contributed by atoms with Gasteiger partial charge < -0.3 is 5.32 Å². The van der Waals surface area contributed by atoms with Gasteiger partial charge in [-0.05, 0) is 53.9 Å². The summed E-state index contributed by atoms with van der Waals surface area (Å²) in [6, 6.07) is 22.9. The fraction of sp³-hybridized carbons (Fsp3) is 0.0455. The van der Waals surface area contributed by atoms with Gasteiger partial charge in [0.25, 0.3) is 5.91 Å². The Kier molecular flexibility index (Phi) is 5.32. The molecule has 25 heavy (non-hydrogen) atoms. The molecular formula is C22H18ClNO. The molecule has 0 saturated carbocycles. The molecule has 3 aromatic rings. The Labute approximate surface area is 152 Å². The molecule has 1 N–H and O–H groups in total. The quantitative estimate of drug-likeness (QED) is 0.570. The third-order valence-electron chi connectivity index (χ3n) is 3.86. The van der Waals surface area contributed by atoms with Gasteiger partial charge in [0.1, 0.15) is 0 Å². The van der Waals surface area contributed by atoms with Crippen LogP contribution >= 0.6 is 11.6 Å². The van der Waals surface area contributed by atoms with Gasteiger partial charge >= 0.3 is 0 Å². The number of amides is 1. The van der Waals surface area contributed by atoms with Crippen LogP contribution in [0, 0.1) is 6.92 Å². The zero-order valence-electron chi connectivity index (χ0n) is 13.9. The van der Waals surface area contributed by atoms with Gasteiger partial charge in [0, 0.05) is 16.3 Å². The standard InChI is InChI=1S/C22H18ClNO/c1-16-10-11-18(13-12-17-6-5-9-20(23)14-17)15-21(16)24-22(25)19-7-3-2-4-8-19/h2-15H,1H3,(H,24,25)/b13-12+. The molecule has 2 nitrogen and oxygen atoms in total. The fourth-order valence-electron chi connectivity index (χ4n) is 2.46. The van der Waals surface area contributed by atoms with Gasteiger partial charge in [0.05, 0.1) is 0 Å². The van der Waals surface area contributed by atoms with Crippen LogP contribution in [0.5, 0.6) is 0 Å². The summed E-state index contributed by atoms with van der Waals surface area (Å²) in [6.07, 6.45) is 4.00. The van der Waals surface area contributed by atoms with Gasteiger partial charge in [-0.2, -0.15) is 0 Å². The van der Waals surface area contributed by atoms with E-state index in [-0.39, 0.29) is 5.91 Å². The molecule has 0 aliphatic carbocycles. The number of hydrogen-bond acceptors (Lipinski definition) is 1. The Bertz CT molecular complexity index is 916. The molecule has 124 valence electrons. The average molecular weight is 348 g/mol. The lowest BCUT2D eigenvalue weighted by Gasteiger charge is -2.09. The van der Waals surface area contributed by atoms with Crippen molar-refractivity contribution in [3.8, 4) is 0 Å². The van der Waals surface area contributed by atoms with E-state index >= 15 is 0 Å². The molecule has 0 aromatic heterocycles. The van der Waals surface area contributed by atoms with Gasteiger partial charge in [-0.1, -0.05) is 66.2 Å². The fourth-order valence-corrected chi connectivity index (χ4v) is 2.66. The zero-order valence-corrected chi connectivity index (χ0v) is 14.6. The van der Waals surface area contributed by atoms with E-state index in [9.17, 15) is 4.79 Å². The van der Waals surface area contributed by atoms with Crippen LogP contribution < -0.4 is 5.32 Å². The molecule has 1 amide bonds. The summed E-state index contributed by atoms with van der Waals surface area (Å²) in [5.41, 5.74) is 4.50. The Hall–Kier alpha value is -2.84. The second-order valence-corrected chi connectivity index (χ2v) is 6.22. The zero-order chi connectivity index (χ0) is 17.6. The number of rotatable bonds is 4. The summed E-state index contributed by atoms with van der Waals surface area (Å²) in [5, 5.41) is 3.69. The van der Waals surface area contributed by atoms with E-state index in [4.69, 9.17) is 11.6 Å². The van der Waals surface area contributed by atoms with E-state index < -0.39 is 0 Å². The first kappa shape index (κ1) is 17.0. The Morgan fingerprint density at radius 2 is 1.60 bits per heavy atom. The molecule has 0 spiro atoms. The molecule has 0 atom stereocenters. The Morgan fingerprint density at radius 3 is 2.32 bits per heavy atom. The van der Waals surface area contributed by atoms with Crippen LogP contribution in [0.3, 0.4) is 0 Å². The molecule has 0 bridgehead atoms. The maximum absolute atomic E-state index is 12.4. The van der Waals surface area contributed by atoms with Crippen LogP contribution in [0.4, 0.5) is 5.69 Å². The number of halogens is 1. The van der Waals surface area contributed by atoms with Crippen molar-refractivity contribution >= 4 is 35.3 Å². The highest BCUT2D eigenvalue weighted by atomic mass is 35.5. The largest absolute Gasteiger partial charge is 0.322 e. The molecule has 3 heteroatoms. The van der Waals surface area contributed by atoms with E-state index in [1.165, 1.54) is 0 Å². The molecule has 0 radical (unpaired) electrons. The van der Waals surface area contributed by atoms with Crippen LogP contribution in [0.2, 0.25) is 5.02 Å². The van der Waals surface area contributed by atoms with Crippen LogP contribution in [0.1, 0.15) is 27.0 Å². The maximum Gasteiger partial charge on any atom is 0.255 e. The number of carbonyl (C=O) groups is 1. The smallest absolute Gasteiger partial charge is 0.255 e. The Balaban J connectivity index is 1.80. The topological polar surface area (TPSA) is 29.1 Å². The van der Waals surface area contributed by atoms with Crippen molar-refractivity contribution in [2.75, 3.05) is 5.32 Å². The lowest BCUT2D eigenvalue weighted by atomic mass is 10.1. The predicted molar refractivity (Wildman–Crippen MR) is 106 cm³/mol. The summed E-state index contributed by atoms with van der Waals surface area (Å²) in [4.78, 5) is 12.4. The van der Waals surface area contributed by atoms with Gasteiger partial charge in [-0.3, -0.25) is 4.79 Å². The normalized spacial score (nSPS) is 10.8. The minimum Gasteiger partial charge on any atom is -0.322 e. The summed E-state index contributed by atoms with van der Waals surface area (Å²) >= 11 is 6.01. The number of carbonyl (C=O) groups excluding carboxylic acids is 1. The molecule has 0 unspecified atom stereocenters. The summed E-state index contributed by atoms with van der Waals surface area (Å²) in [5.74, 6) is -0.111. The molecule has 3 rings (SSSR count). The third kappa shape index (κ3) is 4.59. The molecule has 3 aromatic carbocycles. The molecular weight excluding hydrogens is 330 g/mol. The lowest BCUT2D eigenvalue weighted by Crippen LogP contribution is -2.12. The highest BCUT2D eigenvalue weighted by Crippen LogP contribution is 2.20. The van der Waals surface area contributed by atoms with Gasteiger partial charge in [-0.15, -0.1) is 0 Å². The molecule has 0 fully saturated rings. The first-order valence-electron chi connectivity index (χ1n) is 8.02. The third-order valence-corrected chi connectivity index (χ3v) is 4.10. The minimum atomic E-state index is -0.111. The van der Waals surface area contributed by atoms with Crippen LogP contribution in [0.25, 0.3) is 12.2 Å². The Morgan fingerprint density at radius 1 is 0.880 bits per heavy atom. The first-order valence-corrected chi connectivity index (χ1v) is 8.40. The average Bonchev–Trinajstić information content (AvgIpc) is 2.63. The summed E-state index contributed by atoms with van der Waals surface area (Å²) < 4.78 is 0. The van der Waals surface area contributed by atoms with Crippen molar-refractivity contribution in [1.29, 1.82) is 0 Å². The van der Waals surface area contributed by atoms with Crippen molar-refractivity contribution in [2.24, 2.45) is 0 Å². The van der Waals surface area contributed by atoms with Crippen molar-refractivity contribution < 1.29 is 4.79 Å². The molecule has 0 saturated heterocycles. The number of hydrogen-bond donors (Lipinski definition) is 1. The number of aryl methyl sites for hydroxylation is 1. The first-order chi connectivity index (χ1) is 12.1. The highest BCUT2D eigenvalue weighted by molar-refractivity contribution is 6.30. The monoisotopic (exact) mass is 347 g/mol. The molecule has 0 aliphatic heterocycles. The van der Waals surface area contributed by atoms with Gasteiger partial charge in [0.2, 0.25) is 0 Å². The lowest BCUT2D eigenvalue weighted by molar-refractivity contribution is 0.102. The van der Waals surface area contributed by atoms with Crippen molar-refractivity contribution in [1.82, 2.24) is 0 Å². The summed E-state index contributed by atoms with van der Waals surface area (Å²) in [7, 11) is 0. The molecule has 0 aliphatic rings. The van der Waals surface area contributed by atoms with Crippen molar-refractivity contribution in [3.63, 3.8) is 0 Å². The van der Waals surface area contributed by atoms with Crippen LogP contribution in [0.15, 0.2) is 72.8 Å². The van der Waals surface area contributed by atoms with Gasteiger partial charge in [-0.25, -0.2) is 0 Å². The van der Waals surface area contributed by atoms with E-state index in [2.05, 4.69) is 5.32 Å². The van der Waals surface area contributed by atoms with E-state index in [0.29, 0.717) is 10.6 Å².